The molecule has 0 spiro atoms. The molecule has 0 aliphatic carbocycles. The molecule has 0 aliphatic rings. The second kappa shape index (κ2) is 9.47. The molecule has 1 unspecified atom stereocenters. The fourth-order valence-corrected chi connectivity index (χ4v) is 1.77. The summed E-state index contributed by atoms with van der Waals surface area (Å²) in [4.78, 5) is 0. The van der Waals surface area contributed by atoms with Crippen molar-refractivity contribution in [1.29, 1.82) is 0 Å². The number of rotatable bonds is 9. The molecule has 2 nitrogen and oxygen atoms in total. The van der Waals surface area contributed by atoms with Crippen molar-refractivity contribution in [2.24, 2.45) is 5.92 Å². The van der Waals surface area contributed by atoms with Crippen LogP contribution in [0.25, 0.3) is 0 Å². The first kappa shape index (κ1) is 13.9. The Bertz CT molecular complexity index is 113. The summed E-state index contributed by atoms with van der Waals surface area (Å²) in [5, 5.41) is 3.38. The monoisotopic (exact) mass is 201 g/mol. The molecule has 0 saturated carbocycles. The van der Waals surface area contributed by atoms with Gasteiger partial charge in [-0.05, 0) is 32.7 Å². The molecule has 1 atom stereocenters. The van der Waals surface area contributed by atoms with E-state index in [0.717, 1.165) is 25.6 Å². The fraction of sp³-hybridized carbons (Fsp3) is 1.00. The molecule has 0 amide bonds. The van der Waals surface area contributed by atoms with Gasteiger partial charge in [0.25, 0.3) is 0 Å². The summed E-state index contributed by atoms with van der Waals surface area (Å²) < 4.78 is 5.37. The van der Waals surface area contributed by atoms with Crippen molar-refractivity contribution < 1.29 is 4.74 Å². The van der Waals surface area contributed by atoms with E-state index in [2.05, 4.69) is 33.1 Å². The van der Waals surface area contributed by atoms with Crippen LogP contribution in [0.15, 0.2) is 0 Å². The lowest BCUT2D eigenvalue weighted by Gasteiger charge is -2.21. The number of ether oxygens (including phenoxy) is 1. The molecule has 2 heteroatoms. The minimum absolute atomic E-state index is 0.631. The van der Waals surface area contributed by atoms with Gasteiger partial charge in [0.2, 0.25) is 0 Å². The molecule has 1 N–H and O–H groups in total. The largest absolute Gasteiger partial charge is 0.382 e. The highest BCUT2D eigenvalue weighted by atomic mass is 16.5. The third-order valence-corrected chi connectivity index (χ3v) is 3.00. The lowest BCUT2D eigenvalue weighted by atomic mass is 9.93. The Morgan fingerprint density at radius 2 is 1.79 bits per heavy atom. The molecule has 0 saturated heterocycles. The van der Waals surface area contributed by atoms with Crippen molar-refractivity contribution >= 4 is 0 Å². The molecule has 86 valence electrons. The predicted octanol–water partition coefficient (Wildman–Crippen LogP) is 2.83. The molecule has 0 fully saturated rings. The maximum absolute atomic E-state index is 5.37. The van der Waals surface area contributed by atoms with Crippen LogP contribution in [-0.2, 0) is 4.74 Å². The topological polar surface area (TPSA) is 21.3 Å². The van der Waals surface area contributed by atoms with Gasteiger partial charge >= 0.3 is 0 Å². The molecule has 0 aromatic rings. The van der Waals surface area contributed by atoms with Gasteiger partial charge in [0.05, 0.1) is 0 Å². The summed E-state index contributed by atoms with van der Waals surface area (Å²) in [6, 6.07) is 0.631. The summed E-state index contributed by atoms with van der Waals surface area (Å²) in [5.41, 5.74) is 0. The smallest absolute Gasteiger partial charge is 0.0480 e. The molecule has 0 heterocycles. The van der Waals surface area contributed by atoms with E-state index in [1.807, 2.05) is 0 Å². The van der Waals surface area contributed by atoms with Crippen LogP contribution >= 0.6 is 0 Å². The van der Waals surface area contributed by atoms with Gasteiger partial charge in [0.1, 0.15) is 0 Å². The predicted molar refractivity (Wildman–Crippen MR) is 62.6 cm³/mol. The van der Waals surface area contributed by atoms with E-state index >= 15 is 0 Å². The number of hydrogen-bond donors (Lipinski definition) is 1. The average molecular weight is 201 g/mol. The van der Waals surface area contributed by atoms with Gasteiger partial charge in [-0.15, -0.1) is 0 Å². The van der Waals surface area contributed by atoms with Gasteiger partial charge in [-0.1, -0.05) is 26.7 Å². The quantitative estimate of drug-likeness (QED) is 0.579. The van der Waals surface area contributed by atoms with Crippen molar-refractivity contribution in [3.8, 4) is 0 Å². The number of nitrogens with one attached hydrogen (secondary N) is 1. The van der Waals surface area contributed by atoms with Gasteiger partial charge in [-0.3, -0.25) is 0 Å². The summed E-state index contributed by atoms with van der Waals surface area (Å²) in [6.07, 6.45) is 5.02. The minimum Gasteiger partial charge on any atom is -0.382 e. The molecule has 0 bridgehead atoms. The highest BCUT2D eigenvalue weighted by Gasteiger charge is 2.11. The van der Waals surface area contributed by atoms with E-state index < -0.39 is 0 Å². The average Bonchev–Trinajstić information content (AvgIpc) is 2.23. The third kappa shape index (κ3) is 6.39. The first-order chi connectivity index (χ1) is 6.78. The molecule has 14 heavy (non-hydrogen) atoms. The molecule has 0 aromatic carbocycles. The van der Waals surface area contributed by atoms with Gasteiger partial charge < -0.3 is 10.1 Å². The van der Waals surface area contributed by atoms with Crippen molar-refractivity contribution in [2.45, 2.75) is 52.5 Å². The van der Waals surface area contributed by atoms with E-state index in [1.54, 1.807) is 0 Å². The zero-order valence-electron chi connectivity index (χ0n) is 10.3. The van der Waals surface area contributed by atoms with E-state index in [0.29, 0.717) is 6.04 Å². The van der Waals surface area contributed by atoms with Crippen LogP contribution in [0, 0.1) is 5.92 Å². The van der Waals surface area contributed by atoms with Crippen molar-refractivity contribution in [1.82, 2.24) is 5.32 Å². The van der Waals surface area contributed by atoms with Crippen LogP contribution in [0.4, 0.5) is 0 Å². The van der Waals surface area contributed by atoms with Crippen LogP contribution < -0.4 is 5.32 Å². The standard InChI is InChI=1S/C12H27NO/c1-5-11(6-2)10-12(13-4)8-9-14-7-3/h11-13H,5-10H2,1-4H3. The van der Waals surface area contributed by atoms with E-state index in [-0.39, 0.29) is 0 Å². The fourth-order valence-electron chi connectivity index (χ4n) is 1.77. The normalized spacial score (nSPS) is 13.5. The van der Waals surface area contributed by atoms with Crippen LogP contribution in [0.3, 0.4) is 0 Å². The lowest BCUT2D eigenvalue weighted by Crippen LogP contribution is -2.29. The van der Waals surface area contributed by atoms with Crippen molar-refractivity contribution in [3.05, 3.63) is 0 Å². The Morgan fingerprint density at radius 1 is 1.14 bits per heavy atom. The molecule has 0 rings (SSSR count). The van der Waals surface area contributed by atoms with E-state index in [9.17, 15) is 0 Å². The summed E-state index contributed by atoms with van der Waals surface area (Å²) in [5.74, 6) is 0.870. The Balaban J connectivity index is 3.65. The van der Waals surface area contributed by atoms with Crippen molar-refractivity contribution in [2.75, 3.05) is 20.3 Å². The third-order valence-electron chi connectivity index (χ3n) is 3.00. The Hall–Kier alpha value is -0.0800. The maximum Gasteiger partial charge on any atom is 0.0480 e. The highest BCUT2D eigenvalue weighted by Crippen LogP contribution is 2.16. The molecule has 0 radical (unpaired) electrons. The van der Waals surface area contributed by atoms with Crippen LogP contribution in [0.2, 0.25) is 0 Å². The van der Waals surface area contributed by atoms with Crippen LogP contribution in [0.5, 0.6) is 0 Å². The van der Waals surface area contributed by atoms with E-state index in [4.69, 9.17) is 4.74 Å². The van der Waals surface area contributed by atoms with Crippen LogP contribution in [-0.4, -0.2) is 26.3 Å². The Labute approximate surface area is 89.4 Å². The van der Waals surface area contributed by atoms with Gasteiger partial charge in [0.15, 0.2) is 0 Å². The van der Waals surface area contributed by atoms with Gasteiger partial charge in [-0.25, -0.2) is 0 Å². The second-order valence-corrected chi connectivity index (χ2v) is 3.89. The Morgan fingerprint density at radius 3 is 2.21 bits per heavy atom. The first-order valence-corrected chi connectivity index (χ1v) is 6.03. The van der Waals surface area contributed by atoms with Crippen molar-refractivity contribution in [3.63, 3.8) is 0 Å². The second-order valence-electron chi connectivity index (χ2n) is 3.89. The minimum atomic E-state index is 0.631. The summed E-state index contributed by atoms with van der Waals surface area (Å²) in [7, 11) is 2.05. The molecule has 0 aliphatic heterocycles. The van der Waals surface area contributed by atoms with Gasteiger partial charge in [-0.2, -0.15) is 0 Å². The summed E-state index contributed by atoms with van der Waals surface area (Å²) in [6.45, 7) is 8.34. The zero-order valence-corrected chi connectivity index (χ0v) is 10.3. The first-order valence-electron chi connectivity index (χ1n) is 6.03. The number of hydrogen-bond acceptors (Lipinski definition) is 2. The maximum atomic E-state index is 5.37. The van der Waals surface area contributed by atoms with Gasteiger partial charge in [0, 0.05) is 19.3 Å². The Kier molecular flexibility index (Phi) is 9.42. The SMILES string of the molecule is CCOCCC(CC(CC)CC)NC. The summed E-state index contributed by atoms with van der Waals surface area (Å²) >= 11 is 0. The molecular formula is C12H27NO. The highest BCUT2D eigenvalue weighted by molar-refractivity contribution is 4.69. The van der Waals surface area contributed by atoms with Crippen LogP contribution in [0.1, 0.15) is 46.5 Å². The lowest BCUT2D eigenvalue weighted by molar-refractivity contribution is 0.133. The molecular weight excluding hydrogens is 174 g/mol. The van der Waals surface area contributed by atoms with E-state index in [1.165, 1.54) is 19.3 Å². The zero-order chi connectivity index (χ0) is 10.8. The molecule has 0 aromatic heterocycles.